The quantitative estimate of drug-likeness (QED) is 0.160. The number of aryl methyl sites for hydroxylation is 2. The topological polar surface area (TPSA) is 224 Å². The molecule has 0 aliphatic carbocycles. The van der Waals surface area contributed by atoms with Gasteiger partial charge >= 0.3 is 0 Å². The van der Waals surface area contributed by atoms with Crippen LogP contribution in [0.2, 0.25) is 0 Å². The molecular weight excluding hydrogens is 526 g/mol. The van der Waals surface area contributed by atoms with Gasteiger partial charge in [-0.15, -0.1) is 14.6 Å². The fourth-order valence-corrected chi connectivity index (χ4v) is 4.28. The van der Waals surface area contributed by atoms with Crippen molar-refractivity contribution in [3.8, 4) is 11.1 Å². The lowest BCUT2D eigenvalue weighted by molar-refractivity contribution is -2.00. The molecule has 0 aliphatic rings. The molecule has 1 aromatic heterocycles. The van der Waals surface area contributed by atoms with E-state index in [0.717, 1.165) is 22.5 Å². The monoisotopic (exact) mass is 551 g/mol. The Morgan fingerprint density at radius 2 is 1.43 bits per heavy atom. The zero-order chi connectivity index (χ0) is 27.8. The van der Waals surface area contributed by atoms with Gasteiger partial charge in [0.25, 0.3) is 10.0 Å². The van der Waals surface area contributed by atoms with Crippen molar-refractivity contribution in [1.29, 1.82) is 0 Å². The van der Waals surface area contributed by atoms with E-state index in [2.05, 4.69) is 38.5 Å². The van der Waals surface area contributed by atoms with Crippen molar-refractivity contribution < 1.29 is 46.7 Å². The van der Waals surface area contributed by atoms with E-state index in [1.807, 2.05) is 32.0 Å². The summed E-state index contributed by atoms with van der Waals surface area (Å²) in [7, 11) is -8.91. The molecule has 2 aromatic carbocycles. The van der Waals surface area contributed by atoms with Gasteiger partial charge in [-0.1, -0.05) is 30.3 Å². The zero-order valence-electron chi connectivity index (χ0n) is 20.0. The largest absolute Gasteiger partial charge is 0.369 e. The third-order valence-electron chi connectivity index (χ3n) is 4.91. The molecule has 37 heavy (non-hydrogen) atoms. The van der Waals surface area contributed by atoms with Crippen LogP contribution in [0.3, 0.4) is 0 Å². The molecule has 0 saturated heterocycles. The summed E-state index contributed by atoms with van der Waals surface area (Å²) in [6.45, 7) is 4.57. The van der Waals surface area contributed by atoms with Crippen LogP contribution < -0.4 is 40.0 Å². The zero-order valence-corrected chi connectivity index (χ0v) is 21.5. The fourth-order valence-electron chi connectivity index (χ4n) is 3.41. The standard InChI is InChI=1S/C23H25N5O3S.ClHO4/c1-16-14-19(18-6-4-3-5-7-18)15-17(2)28(16)13-12-22(29)26-20-8-10-21(11-9-20)32(30,31)27-23(24)25;2-1(3,4)5/h3-11,14-15H,12-13H2,1-2H3,(H4-,24,25,26,27,29);(H,2,3,4,5). The molecule has 5 N–H and O–H groups in total. The van der Waals surface area contributed by atoms with E-state index < -0.39 is 26.2 Å². The summed E-state index contributed by atoms with van der Waals surface area (Å²) in [5.41, 5.74) is 15.2. The minimum absolute atomic E-state index is 0.0655. The van der Waals surface area contributed by atoms with Gasteiger partial charge < -0.3 is 16.8 Å². The molecule has 14 heteroatoms. The molecule has 0 saturated carbocycles. The Morgan fingerprint density at radius 1 is 0.919 bits per heavy atom. The van der Waals surface area contributed by atoms with E-state index in [-0.39, 0.29) is 17.2 Å². The van der Waals surface area contributed by atoms with E-state index in [9.17, 15) is 13.2 Å². The maximum Gasteiger partial charge on any atom is 0.285 e. The van der Waals surface area contributed by atoms with E-state index in [0.29, 0.717) is 12.2 Å². The molecule has 0 radical (unpaired) electrons. The first-order valence-electron chi connectivity index (χ1n) is 10.6. The third-order valence-corrected chi connectivity index (χ3v) is 6.23. The second kappa shape index (κ2) is 12.6. The summed E-state index contributed by atoms with van der Waals surface area (Å²) in [6.07, 6.45) is 0.269. The number of pyridine rings is 1. The summed E-state index contributed by atoms with van der Waals surface area (Å²) in [4.78, 5) is 12.4. The number of benzene rings is 2. The summed E-state index contributed by atoms with van der Waals surface area (Å²) in [5.74, 6) is -0.717. The molecule has 0 aliphatic heterocycles. The fraction of sp³-hybridized carbons (Fsp3) is 0.174. The molecule has 12 nitrogen and oxygen atoms in total. The average molecular weight is 552 g/mol. The smallest absolute Gasteiger partial charge is 0.285 e. The highest BCUT2D eigenvalue weighted by Crippen LogP contribution is 2.20. The predicted molar refractivity (Wildman–Crippen MR) is 124 cm³/mol. The number of rotatable bonds is 7. The first-order valence-corrected chi connectivity index (χ1v) is 13.3. The number of halogens is 1. The summed E-state index contributed by atoms with van der Waals surface area (Å²) in [6, 6.07) is 20.0. The third kappa shape index (κ3) is 10.1. The lowest BCUT2D eigenvalue weighted by Crippen LogP contribution is -2.68. The lowest BCUT2D eigenvalue weighted by Gasteiger charge is -2.17. The summed E-state index contributed by atoms with van der Waals surface area (Å²) < 4.78 is 63.2. The molecule has 0 atom stereocenters. The van der Waals surface area contributed by atoms with Gasteiger partial charge in [0.15, 0.2) is 17.9 Å². The molecule has 0 unspecified atom stereocenters. The van der Waals surface area contributed by atoms with Gasteiger partial charge in [0.05, 0.1) is 11.3 Å². The number of anilines is 1. The molecule has 1 amide bonds. The number of carbonyl (C=O) groups excluding carboxylic acids is 1. The number of nitrogens with one attached hydrogen (secondary N) is 1. The van der Waals surface area contributed by atoms with Crippen LogP contribution in [0.15, 0.2) is 76.0 Å². The minimum Gasteiger partial charge on any atom is -0.369 e. The highest BCUT2D eigenvalue weighted by Gasteiger charge is 2.16. The Bertz CT molecular complexity index is 1330. The summed E-state index contributed by atoms with van der Waals surface area (Å²) in [5, 5.41) is 2.78. The molecule has 3 rings (SSSR count). The maximum absolute atomic E-state index is 12.4. The van der Waals surface area contributed by atoms with Crippen molar-refractivity contribution in [3.05, 3.63) is 78.1 Å². The minimum atomic E-state index is -4.94. The van der Waals surface area contributed by atoms with Crippen LogP contribution in [0.5, 0.6) is 0 Å². The second-order valence-corrected chi connectivity index (χ2v) is 10.1. The normalized spacial score (nSPS) is 11.2. The Morgan fingerprint density at radius 3 is 1.92 bits per heavy atom. The van der Waals surface area contributed by atoms with E-state index in [1.54, 1.807) is 0 Å². The first-order chi connectivity index (χ1) is 17.2. The van der Waals surface area contributed by atoms with E-state index >= 15 is 0 Å². The van der Waals surface area contributed by atoms with E-state index in [4.69, 9.17) is 30.1 Å². The van der Waals surface area contributed by atoms with Crippen LogP contribution in [-0.4, -0.2) is 20.3 Å². The summed E-state index contributed by atoms with van der Waals surface area (Å²) >= 11 is 0. The molecular formula is C23H26ClN5O7S. The first kappa shape index (κ1) is 29.6. The van der Waals surface area contributed by atoms with Gasteiger partial charge in [0.2, 0.25) is 11.9 Å². The van der Waals surface area contributed by atoms with Gasteiger partial charge in [0.1, 0.15) is 0 Å². The number of carbonyl (C=O) groups is 1. The average Bonchev–Trinajstić information content (AvgIpc) is 2.77. The van der Waals surface area contributed by atoms with E-state index in [1.165, 1.54) is 24.3 Å². The Kier molecular flexibility index (Phi) is 10.1. The number of hydrogen-bond acceptors (Lipinski definition) is 7. The highest BCUT2D eigenvalue weighted by molar-refractivity contribution is 7.90. The van der Waals surface area contributed by atoms with Crippen LogP contribution in [0.1, 0.15) is 17.8 Å². The Labute approximate surface area is 216 Å². The van der Waals surface area contributed by atoms with Gasteiger partial charge in [-0.2, -0.15) is 13.0 Å². The van der Waals surface area contributed by atoms with Crippen LogP contribution in [-0.2, 0) is 21.4 Å². The number of nitrogens with zero attached hydrogens (tertiary/aromatic N) is 2. The van der Waals surface area contributed by atoms with Crippen LogP contribution in [0.4, 0.5) is 5.69 Å². The van der Waals surface area contributed by atoms with Crippen molar-refractivity contribution in [2.75, 3.05) is 5.32 Å². The number of hydrogen-bond donors (Lipinski definition) is 3. The van der Waals surface area contributed by atoms with Crippen molar-refractivity contribution in [2.24, 2.45) is 15.9 Å². The van der Waals surface area contributed by atoms with Crippen LogP contribution in [0, 0.1) is 24.1 Å². The van der Waals surface area contributed by atoms with Crippen LogP contribution in [0.25, 0.3) is 11.1 Å². The van der Waals surface area contributed by atoms with Gasteiger partial charge in [-0.05, 0) is 35.4 Å². The number of nitrogens with two attached hydrogens (primary N) is 2. The van der Waals surface area contributed by atoms with Gasteiger partial charge in [0, 0.05) is 31.7 Å². The number of guanidine groups is 1. The van der Waals surface area contributed by atoms with Crippen molar-refractivity contribution in [2.45, 2.75) is 31.7 Å². The van der Waals surface area contributed by atoms with Crippen molar-refractivity contribution >= 4 is 27.6 Å². The molecule has 198 valence electrons. The Hall–Kier alpha value is -3.59. The van der Waals surface area contributed by atoms with Gasteiger partial charge in [-0.3, -0.25) is 4.79 Å². The van der Waals surface area contributed by atoms with Crippen molar-refractivity contribution in [3.63, 3.8) is 0 Å². The van der Waals surface area contributed by atoms with Crippen LogP contribution >= 0.6 is 0 Å². The SMILES string of the molecule is Cc1cc(-c2ccccc2)cc(C)[n+]1CCC(=O)Nc1ccc(S(=O)(=O)N=C(N)N)cc1.[O-][Cl+3]([O-])([O-])[O-]. The maximum atomic E-state index is 12.4. The molecule has 0 bridgehead atoms. The lowest BCUT2D eigenvalue weighted by atomic mass is 10.0. The highest BCUT2D eigenvalue weighted by atomic mass is 35.7. The molecule has 0 fully saturated rings. The second-order valence-electron chi connectivity index (χ2n) is 7.74. The molecule has 1 heterocycles. The van der Waals surface area contributed by atoms with Crippen molar-refractivity contribution in [1.82, 2.24) is 0 Å². The number of amides is 1. The number of sulfonamides is 1. The predicted octanol–water partition coefficient (Wildman–Crippen LogP) is -2.51. The number of aromatic nitrogens is 1. The molecule has 0 spiro atoms. The van der Waals surface area contributed by atoms with Gasteiger partial charge in [-0.25, -0.2) is 18.6 Å². The Balaban J connectivity index is 0.000000877. The molecule has 3 aromatic rings.